The van der Waals surface area contributed by atoms with E-state index in [-0.39, 0.29) is 13.0 Å². The minimum atomic E-state index is -1.44. The van der Waals surface area contributed by atoms with E-state index in [0.29, 0.717) is 0 Å². The molecule has 0 aliphatic heterocycles. The number of hydrogen-bond donors (Lipinski definition) is 5. The van der Waals surface area contributed by atoms with Crippen molar-refractivity contribution in [1.82, 2.24) is 4.72 Å². The maximum Gasteiger partial charge on any atom is 0.261 e. The van der Waals surface area contributed by atoms with Crippen LogP contribution in [-0.2, 0) is 4.79 Å². The van der Waals surface area contributed by atoms with Gasteiger partial charge < -0.3 is 15.9 Å². The highest BCUT2D eigenvalue weighted by atomic mass is 33.1. The number of nitrogens with one attached hydrogen (secondary N) is 1. The van der Waals surface area contributed by atoms with Crippen molar-refractivity contribution in [2.45, 2.75) is 18.6 Å². The van der Waals surface area contributed by atoms with Crippen LogP contribution in [0.5, 0.6) is 0 Å². The van der Waals surface area contributed by atoms with Crippen LogP contribution >= 0.6 is 22.6 Å². The highest BCUT2D eigenvalue weighted by Crippen LogP contribution is 2.02. The molecule has 0 aromatic rings. The second-order valence-corrected chi connectivity index (χ2v) is 3.08. The fourth-order valence-electron chi connectivity index (χ4n) is 0.609. The number of carbonyl (C=O) groups is 1. The van der Waals surface area contributed by atoms with Gasteiger partial charge in [0, 0.05) is 11.0 Å². The van der Waals surface area contributed by atoms with Crippen molar-refractivity contribution in [3.05, 3.63) is 0 Å². The van der Waals surface area contributed by atoms with Crippen molar-refractivity contribution in [3.8, 4) is 0 Å². The van der Waals surface area contributed by atoms with Crippen molar-refractivity contribution in [3.63, 3.8) is 0 Å². The minimum Gasteiger partial charge on any atom is -0.390 e. The van der Waals surface area contributed by atoms with Gasteiger partial charge >= 0.3 is 0 Å². The zero-order valence-electron chi connectivity index (χ0n) is 6.30. The molecule has 0 fully saturated rings. The Labute approximate surface area is 79.7 Å². The average Bonchev–Trinajstić information content (AvgIpc) is 2.04. The van der Waals surface area contributed by atoms with Crippen molar-refractivity contribution in [2.75, 3.05) is 6.54 Å². The van der Waals surface area contributed by atoms with Crippen LogP contribution in [0.15, 0.2) is 0 Å². The van der Waals surface area contributed by atoms with Gasteiger partial charge in [-0.25, -0.2) is 0 Å². The maximum atomic E-state index is 10.8. The molecule has 2 unspecified atom stereocenters. The predicted molar refractivity (Wildman–Crippen MR) is 50.4 cm³/mol. The van der Waals surface area contributed by atoms with E-state index in [0.717, 1.165) is 11.0 Å². The van der Waals surface area contributed by atoms with Crippen molar-refractivity contribution in [2.24, 2.45) is 5.73 Å². The zero-order valence-corrected chi connectivity index (χ0v) is 8.02. The second-order valence-electron chi connectivity index (χ2n) is 2.15. The maximum absolute atomic E-state index is 10.8. The molecule has 5 N–H and O–H groups in total. The number of hydrogen-bond acceptors (Lipinski definition) is 6. The van der Waals surface area contributed by atoms with Gasteiger partial charge in [0.2, 0.25) is 0 Å². The molecule has 0 aromatic heterocycles. The van der Waals surface area contributed by atoms with E-state index in [1.54, 1.807) is 0 Å². The average molecular weight is 212 g/mol. The highest BCUT2D eigenvalue weighted by molar-refractivity contribution is 8.68. The van der Waals surface area contributed by atoms with Crippen LogP contribution in [0.2, 0.25) is 0 Å². The van der Waals surface area contributed by atoms with E-state index >= 15 is 0 Å². The number of carbonyl (C=O) groups excluding carboxylic acids is 1. The first-order valence-corrected chi connectivity index (χ1v) is 5.16. The Morgan fingerprint density at radius 3 is 2.67 bits per heavy atom. The molecular formula is C5H12N2O3S2. The molecule has 0 saturated carbocycles. The van der Waals surface area contributed by atoms with Crippen LogP contribution < -0.4 is 10.5 Å². The van der Waals surface area contributed by atoms with Gasteiger partial charge in [-0.3, -0.25) is 9.52 Å². The summed E-state index contributed by atoms with van der Waals surface area (Å²) < 4.78 is 2.18. The Kier molecular flexibility index (Phi) is 6.58. The topological polar surface area (TPSA) is 95.6 Å². The molecule has 12 heavy (non-hydrogen) atoms. The van der Waals surface area contributed by atoms with Gasteiger partial charge in [-0.15, -0.1) is 0 Å². The first kappa shape index (κ1) is 12.0. The molecule has 72 valence electrons. The minimum absolute atomic E-state index is 0.186. The van der Waals surface area contributed by atoms with Crippen LogP contribution in [0, 0.1) is 0 Å². The summed E-state index contributed by atoms with van der Waals surface area (Å²) >= 11 is 3.64. The molecule has 5 nitrogen and oxygen atoms in total. The number of amides is 1. The third kappa shape index (κ3) is 4.17. The van der Waals surface area contributed by atoms with E-state index in [1.165, 1.54) is 0 Å². The molecular weight excluding hydrogens is 200 g/mol. The summed E-state index contributed by atoms with van der Waals surface area (Å²) in [5.41, 5.74) is 5.12. The number of rotatable bonds is 5. The Morgan fingerprint density at radius 2 is 2.25 bits per heavy atom. The number of thiol groups is 1. The third-order valence-electron chi connectivity index (χ3n) is 1.24. The molecule has 2 atom stereocenters. The van der Waals surface area contributed by atoms with Crippen LogP contribution in [0.1, 0.15) is 6.42 Å². The SMILES string of the molecule is NCCC(O)C(O)C(=O)NSS. The van der Waals surface area contributed by atoms with Crippen LogP contribution in [0.3, 0.4) is 0 Å². The predicted octanol–water partition coefficient (Wildman–Crippen LogP) is -1.33. The smallest absolute Gasteiger partial charge is 0.261 e. The summed E-state index contributed by atoms with van der Waals surface area (Å²) in [5, 5.41) is 18.2. The lowest BCUT2D eigenvalue weighted by Crippen LogP contribution is -2.40. The van der Waals surface area contributed by atoms with E-state index in [4.69, 9.17) is 15.9 Å². The normalized spacial score (nSPS) is 15.3. The molecule has 0 rings (SSSR count). The Hall–Kier alpha value is 0.0500. The lowest BCUT2D eigenvalue weighted by Gasteiger charge is -2.14. The lowest BCUT2D eigenvalue weighted by molar-refractivity contribution is -0.133. The Morgan fingerprint density at radius 1 is 1.67 bits per heavy atom. The number of aliphatic hydroxyl groups excluding tert-OH is 2. The summed E-state index contributed by atoms with van der Waals surface area (Å²) in [6, 6.07) is 0. The Bertz CT molecular complexity index is 147. The summed E-state index contributed by atoms with van der Waals surface area (Å²) in [7, 11) is 0.766. The quantitative estimate of drug-likeness (QED) is 0.221. The highest BCUT2D eigenvalue weighted by Gasteiger charge is 2.22. The van der Waals surface area contributed by atoms with Gasteiger partial charge in [-0.05, 0) is 13.0 Å². The van der Waals surface area contributed by atoms with Gasteiger partial charge in [-0.1, -0.05) is 11.7 Å². The van der Waals surface area contributed by atoms with Crippen molar-refractivity contribution >= 4 is 28.5 Å². The van der Waals surface area contributed by atoms with Crippen molar-refractivity contribution in [1.29, 1.82) is 0 Å². The fraction of sp³-hybridized carbons (Fsp3) is 0.800. The molecule has 0 aliphatic rings. The largest absolute Gasteiger partial charge is 0.390 e. The molecule has 0 radical (unpaired) electrons. The fourth-order valence-corrected chi connectivity index (χ4v) is 1.09. The van der Waals surface area contributed by atoms with Crippen LogP contribution in [0.25, 0.3) is 0 Å². The molecule has 0 aliphatic carbocycles. The first-order valence-electron chi connectivity index (χ1n) is 3.30. The summed E-state index contributed by atoms with van der Waals surface area (Å²) in [5.74, 6) is -0.670. The van der Waals surface area contributed by atoms with Gasteiger partial charge in [0.25, 0.3) is 5.91 Å². The van der Waals surface area contributed by atoms with Crippen LogP contribution in [0.4, 0.5) is 0 Å². The third-order valence-corrected chi connectivity index (χ3v) is 1.81. The molecule has 0 bridgehead atoms. The summed E-state index contributed by atoms with van der Waals surface area (Å²) in [6.07, 6.45) is -2.37. The number of aliphatic hydroxyl groups is 2. The Balaban J connectivity index is 3.82. The van der Waals surface area contributed by atoms with Crippen LogP contribution in [-0.4, -0.2) is 34.9 Å². The summed E-state index contributed by atoms with van der Waals surface area (Å²) in [6.45, 7) is 0.222. The summed E-state index contributed by atoms with van der Waals surface area (Å²) in [4.78, 5) is 10.8. The van der Waals surface area contributed by atoms with E-state index < -0.39 is 18.1 Å². The monoisotopic (exact) mass is 212 g/mol. The van der Waals surface area contributed by atoms with Gasteiger partial charge in [0.1, 0.15) is 0 Å². The van der Waals surface area contributed by atoms with E-state index in [9.17, 15) is 4.79 Å². The molecule has 0 spiro atoms. The van der Waals surface area contributed by atoms with Gasteiger partial charge in [-0.2, -0.15) is 0 Å². The molecule has 7 heteroatoms. The molecule has 1 amide bonds. The molecule has 0 heterocycles. The standard InChI is InChI=1S/C5H12N2O3S2/c6-2-1-3(8)4(9)5(10)7-12-11/h3-4,8-9,11H,1-2,6H2,(H,7,10). The molecule has 0 aromatic carbocycles. The first-order chi connectivity index (χ1) is 5.63. The molecule has 0 saturated heterocycles. The van der Waals surface area contributed by atoms with E-state index in [2.05, 4.69) is 16.4 Å². The van der Waals surface area contributed by atoms with Gasteiger partial charge in [0.15, 0.2) is 6.10 Å². The second kappa shape index (κ2) is 6.55. The van der Waals surface area contributed by atoms with Crippen molar-refractivity contribution < 1.29 is 15.0 Å². The number of nitrogens with two attached hydrogens (primary N) is 1. The lowest BCUT2D eigenvalue weighted by atomic mass is 10.1. The van der Waals surface area contributed by atoms with E-state index in [1.807, 2.05) is 0 Å². The van der Waals surface area contributed by atoms with Gasteiger partial charge in [0.05, 0.1) is 6.10 Å². The zero-order chi connectivity index (χ0) is 9.56.